The topological polar surface area (TPSA) is 55.4 Å². The Kier molecular flexibility index (Phi) is 2.56. The van der Waals surface area contributed by atoms with Crippen LogP contribution >= 0.6 is 0 Å². The normalized spacial score (nSPS) is 10.6. The van der Waals surface area contributed by atoms with Gasteiger partial charge in [0.05, 0.1) is 6.54 Å². The number of aromatic nitrogens is 1. The summed E-state index contributed by atoms with van der Waals surface area (Å²) in [4.78, 5) is 10.7. The first-order chi connectivity index (χ1) is 7.58. The van der Waals surface area contributed by atoms with Crippen LogP contribution < -0.4 is 0 Å². The minimum Gasteiger partial charge on any atom is -0.475 e. The molecule has 0 aliphatic rings. The number of nitrogens with zero attached hydrogens (tertiary/aromatic N) is 1. The average Bonchev–Trinajstić information content (AvgIpc) is 2.80. The second-order valence-corrected chi connectivity index (χ2v) is 3.77. The summed E-state index contributed by atoms with van der Waals surface area (Å²) in [5, 5.41) is 8.73. The van der Waals surface area contributed by atoms with Crippen LogP contribution in [0.15, 0.2) is 28.7 Å². The molecule has 16 heavy (non-hydrogen) atoms. The van der Waals surface area contributed by atoms with E-state index in [0.29, 0.717) is 12.3 Å². The Morgan fingerprint density at radius 2 is 1.88 bits per heavy atom. The smallest absolute Gasteiger partial charge is 0.371 e. The zero-order valence-corrected chi connectivity index (χ0v) is 9.23. The van der Waals surface area contributed by atoms with Crippen molar-refractivity contribution in [3.8, 4) is 0 Å². The van der Waals surface area contributed by atoms with Crippen molar-refractivity contribution < 1.29 is 14.3 Å². The largest absolute Gasteiger partial charge is 0.475 e. The van der Waals surface area contributed by atoms with Crippen LogP contribution in [-0.2, 0) is 6.54 Å². The molecule has 0 aliphatic heterocycles. The van der Waals surface area contributed by atoms with Crippen molar-refractivity contribution in [3.05, 3.63) is 47.2 Å². The standard InChI is InChI=1S/C12H13NO3/c1-8-3-4-9(2)13(8)7-10-5-6-11(16-10)12(14)15/h3-6H,7H2,1-2H3,(H,14,15). The average molecular weight is 219 g/mol. The summed E-state index contributed by atoms with van der Waals surface area (Å²) in [7, 11) is 0. The van der Waals surface area contributed by atoms with Gasteiger partial charge in [-0.25, -0.2) is 4.79 Å². The zero-order chi connectivity index (χ0) is 11.7. The van der Waals surface area contributed by atoms with Crippen LogP contribution in [0.2, 0.25) is 0 Å². The first-order valence-corrected chi connectivity index (χ1v) is 5.02. The van der Waals surface area contributed by atoms with Gasteiger partial charge in [-0.05, 0) is 38.1 Å². The van der Waals surface area contributed by atoms with E-state index in [0.717, 1.165) is 11.4 Å². The number of rotatable bonds is 3. The molecule has 0 fully saturated rings. The third-order valence-corrected chi connectivity index (χ3v) is 2.60. The third kappa shape index (κ3) is 1.86. The van der Waals surface area contributed by atoms with E-state index >= 15 is 0 Å². The highest BCUT2D eigenvalue weighted by atomic mass is 16.4. The van der Waals surface area contributed by atoms with Crippen molar-refractivity contribution in [1.29, 1.82) is 0 Å². The fourth-order valence-electron chi connectivity index (χ4n) is 1.68. The Morgan fingerprint density at radius 3 is 2.38 bits per heavy atom. The van der Waals surface area contributed by atoms with Gasteiger partial charge in [0.25, 0.3) is 0 Å². The van der Waals surface area contributed by atoms with E-state index in [9.17, 15) is 4.79 Å². The van der Waals surface area contributed by atoms with Crippen molar-refractivity contribution in [3.63, 3.8) is 0 Å². The van der Waals surface area contributed by atoms with E-state index < -0.39 is 5.97 Å². The van der Waals surface area contributed by atoms with Gasteiger partial charge in [-0.2, -0.15) is 0 Å². The van der Waals surface area contributed by atoms with Gasteiger partial charge in [0.15, 0.2) is 0 Å². The summed E-state index contributed by atoms with van der Waals surface area (Å²) in [5.41, 5.74) is 2.26. The minimum atomic E-state index is -1.03. The highest BCUT2D eigenvalue weighted by molar-refractivity contribution is 5.84. The van der Waals surface area contributed by atoms with E-state index in [1.165, 1.54) is 6.07 Å². The third-order valence-electron chi connectivity index (χ3n) is 2.60. The second kappa shape index (κ2) is 3.89. The molecule has 0 aromatic carbocycles. The van der Waals surface area contributed by atoms with Crippen molar-refractivity contribution in [1.82, 2.24) is 4.57 Å². The number of carboxylic acid groups (broad SMARTS) is 1. The fourth-order valence-corrected chi connectivity index (χ4v) is 1.68. The molecule has 2 aromatic heterocycles. The molecule has 0 atom stereocenters. The molecule has 0 unspecified atom stereocenters. The quantitative estimate of drug-likeness (QED) is 0.862. The summed E-state index contributed by atoms with van der Waals surface area (Å²) < 4.78 is 7.28. The maximum atomic E-state index is 10.7. The molecule has 0 aliphatic carbocycles. The SMILES string of the molecule is Cc1ccc(C)n1Cc1ccc(C(=O)O)o1. The van der Waals surface area contributed by atoms with Gasteiger partial charge >= 0.3 is 5.97 Å². The molecule has 0 saturated heterocycles. The maximum absolute atomic E-state index is 10.7. The molecular weight excluding hydrogens is 206 g/mol. The highest BCUT2D eigenvalue weighted by Gasteiger charge is 2.10. The molecule has 1 N–H and O–H groups in total. The molecule has 4 heteroatoms. The number of aryl methyl sites for hydroxylation is 2. The van der Waals surface area contributed by atoms with Crippen LogP contribution in [0.25, 0.3) is 0 Å². The van der Waals surface area contributed by atoms with E-state index in [-0.39, 0.29) is 5.76 Å². The molecule has 4 nitrogen and oxygen atoms in total. The molecule has 0 amide bonds. The van der Waals surface area contributed by atoms with Gasteiger partial charge in [0.1, 0.15) is 5.76 Å². The zero-order valence-electron chi connectivity index (χ0n) is 9.23. The Balaban J connectivity index is 2.24. The first-order valence-electron chi connectivity index (χ1n) is 5.02. The van der Waals surface area contributed by atoms with E-state index in [1.807, 2.05) is 26.0 Å². The molecule has 0 saturated carbocycles. The predicted molar refractivity (Wildman–Crippen MR) is 58.7 cm³/mol. The molecule has 0 radical (unpaired) electrons. The number of aromatic carboxylic acids is 1. The lowest BCUT2D eigenvalue weighted by Gasteiger charge is -2.06. The molecule has 2 rings (SSSR count). The molecule has 2 aromatic rings. The van der Waals surface area contributed by atoms with Crippen molar-refractivity contribution in [2.24, 2.45) is 0 Å². The molecule has 0 spiro atoms. The first kappa shape index (κ1) is 10.5. The van der Waals surface area contributed by atoms with Crippen LogP contribution in [0.4, 0.5) is 0 Å². The van der Waals surface area contributed by atoms with Crippen molar-refractivity contribution >= 4 is 5.97 Å². The van der Waals surface area contributed by atoms with Crippen LogP contribution in [0.1, 0.15) is 27.7 Å². The second-order valence-electron chi connectivity index (χ2n) is 3.77. The summed E-state index contributed by atoms with van der Waals surface area (Å²) in [6, 6.07) is 7.22. The number of hydrogen-bond acceptors (Lipinski definition) is 2. The Morgan fingerprint density at radius 1 is 1.25 bits per heavy atom. The van der Waals surface area contributed by atoms with Crippen molar-refractivity contribution in [2.75, 3.05) is 0 Å². The molecule has 84 valence electrons. The monoisotopic (exact) mass is 219 g/mol. The Labute approximate surface area is 93.1 Å². The maximum Gasteiger partial charge on any atom is 0.371 e. The highest BCUT2D eigenvalue weighted by Crippen LogP contribution is 2.14. The summed E-state index contributed by atoms with van der Waals surface area (Å²) >= 11 is 0. The van der Waals surface area contributed by atoms with Crippen molar-refractivity contribution in [2.45, 2.75) is 20.4 Å². The van der Waals surface area contributed by atoms with E-state index in [4.69, 9.17) is 9.52 Å². The number of hydrogen-bond donors (Lipinski definition) is 1. The van der Waals surface area contributed by atoms with Gasteiger partial charge in [-0.3, -0.25) is 0 Å². The predicted octanol–water partition coefficient (Wildman–Crippen LogP) is 2.44. The van der Waals surface area contributed by atoms with Gasteiger partial charge in [0.2, 0.25) is 5.76 Å². The Hall–Kier alpha value is -1.97. The van der Waals surface area contributed by atoms with Gasteiger partial charge in [-0.1, -0.05) is 0 Å². The van der Waals surface area contributed by atoms with Gasteiger partial charge in [-0.15, -0.1) is 0 Å². The summed E-state index contributed by atoms with van der Waals surface area (Å²) in [6.45, 7) is 4.58. The van der Waals surface area contributed by atoms with Crippen LogP contribution in [0.5, 0.6) is 0 Å². The minimum absolute atomic E-state index is 0.0162. The molecular formula is C12H13NO3. The van der Waals surface area contributed by atoms with Gasteiger partial charge in [0, 0.05) is 11.4 Å². The van der Waals surface area contributed by atoms with E-state index in [1.54, 1.807) is 6.07 Å². The fraction of sp³-hybridized carbons (Fsp3) is 0.250. The molecule has 0 bridgehead atoms. The van der Waals surface area contributed by atoms with Gasteiger partial charge < -0.3 is 14.1 Å². The van der Waals surface area contributed by atoms with E-state index in [2.05, 4.69) is 4.57 Å². The lowest BCUT2D eigenvalue weighted by atomic mass is 10.4. The Bertz CT molecular complexity index is 503. The van der Waals surface area contributed by atoms with Crippen LogP contribution in [0.3, 0.4) is 0 Å². The number of carboxylic acids is 1. The summed E-state index contributed by atoms with van der Waals surface area (Å²) in [5.74, 6) is -0.399. The lowest BCUT2D eigenvalue weighted by molar-refractivity contribution is 0.0660. The number of carbonyl (C=O) groups is 1. The van der Waals surface area contributed by atoms with Crippen LogP contribution in [-0.4, -0.2) is 15.6 Å². The molecule has 2 heterocycles. The van der Waals surface area contributed by atoms with Crippen LogP contribution in [0, 0.1) is 13.8 Å². The number of furan rings is 1. The summed E-state index contributed by atoms with van der Waals surface area (Å²) in [6.07, 6.45) is 0. The lowest BCUT2D eigenvalue weighted by Crippen LogP contribution is -2.02.